The van der Waals surface area contributed by atoms with Crippen LogP contribution in [-0.4, -0.2) is 46.4 Å². The molecule has 0 fully saturated rings. The van der Waals surface area contributed by atoms with Crippen LogP contribution in [0.5, 0.6) is 5.75 Å². The highest BCUT2D eigenvalue weighted by Gasteiger charge is 2.30. The number of nitrogens with zero attached hydrogens (tertiary/aromatic N) is 3. The van der Waals surface area contributed by atoms with Gasteiger partial charge >= 0.3 is 0 Å². The Morgan fingerprint density at radius 1 is 0.857 bits per heavy atom. The first kappa shape index (κ1) is 30.8. The van der Waals surface area contributed by atoms with Gasteiger partial charge < -0.3 is 10.1 Å². The Bertz CT molecular complexity index is 1810. The lowest BCUT2D eigenvalue weighted by Crippen LogP contribution is -2.38. The predicted octanol–water partition coefficient (Wildman–Crippen LogP) is 4.70. The average molecular weight is 630 g/mol. The van der Waals surface area contributed by atoms with Crippen LogP contribution in [0.4, 0.5) is 17.3 Å². The Morgan fingerprint density at radius 2 is 1.45 bits per heavy atom. The number of aryl methyl sites for hydroxylation is 3. The molecule has 3 aromatic carbocycles. The fourth-order valence-electron chi connectivity index (χ4n) is 3.99. The first-order chi connectivity index (χ1) is 19.8. The lowest BCUT2D eigenvalue weighted by molar-refractivity contribution is -0.114. The molecule has 2 N–H and O–H groups in total. The van der Waals surface area contributed by atoms with Crippen molar-refractivity contribution in [1.82, 2.24) is 9.97 Å². The van der Waals surface area contributed by atoms with Gasteiger partial charge in [0.2, 0.25) is 11.9 Å². The van der Waals surface area contributed by atoms with Gasteiger partial charge in [0, 0.05) is 22.1 Å². The summed E-state index contributed by atoms with van der Waals surface area (Å²) in [5.74, 6) is -0.556. The first-order valence-corrected chi connectivity index (χ1v) is 15.8. The number of carbonyl (C=O) groups excluding carboxylic acids is 1. The molecule has 4 aromatic rings. The van der Waals surface area contributed by atoms with E-state index in [4.69, 9.17) is 16.3 Å². The molecule has 42 heavy (non-hydrogen) atoms. The lowest BCUT2D eigenvalue weighted by atomic mass is 10.2. The van der Waals surface area contributed by atoms with E-state index < -0.39 is 32.5 Å². The van der Waals surface area contributed by atoms with Gasteiger partial charge in [0.15, 0.2) is 0 Å². The van der Waals surface area contributed by atoms with Crippen LogP contribution < -0.4 is 19.1 Å². The van der Waals surface area contributed by atoms with Gasteiger partial charge in [-0.2, -0.15) is 0 Å². The Hall–Kier alpha value is -4.20. The summed E-state index contributed by atoms with van der Waals surface area (Å²) in [6.07, 6.45) is 0. The van der Waals surface area contributed by atoms with Crippen LogP contribution in [0.15, 0.2) is 82.6 Å². The number of ether oxygens (including phenoxy) is 1. The summed E-state index contributed by atoms with van der Waals surface area (Å²) in [5.41, 5.74) is 2.38. The van der Waals surface area contributed by atoms with Gasteiger partial charge in [-0.1, -0.05) is 29.3 Å². The highest BCUT2D eigenvalue weighted by atomic mass is 35.5. The quantitative estimate of drug-likeness (QED) is 0.257. The van der Waals surface area contributed by atoms with E-state index in [1.807, 2.05) is 6.92 Å². The second kappa shape index (κ2) is 12.3. The van der Waals surface area contributed by atoms with Gasteiger partial charge in [-0.15, -0.1) is 0 Å². The third kappa shape index (κ3) is 7.16. The number of aromatic nitrogens is 2. The first-order valence-electron chi connectivity index (χ1n) is 12.5. The summed E-state index contributed by atoms with van der Waals surface area (Å²) in [6, 6.07) is 17.7. The number of sulfonamides is 2. The molecule has 0 saturated heterocycles. The van der Waals surface area contributed by atoms with Crippen molar-refractivity contribution in [2.24, 2.45) is 0 Å². The number of anilines is 3. The van der Waals surface area contributed by atoms with Crippen LogP contribution in [0.3, 0.4) is 0 Å². The van der Waals surface area contributed by atoms with Crippen molar-refractivity contribution in [2.75, 3.05) is 28.0 Å². The van der Waals surface area contributed by atoms with Gasteiger partial charge in [0.25, 0.3) is 20.0 Å². The minimum Gasteiger partial charge on any atom is -0.495 e. The van der Waals surface area contributed by atoms with Crippen molar-refractivity contribution >= 4 is 54.9 Å². The molecular weight excluding hydrogens is 602 g/mol. The molecule has 0 bridgehead atoms. The SMILES string of the molecule is COc1ccc(Cl)cc1N(CC(=O)Nc1ccc(S(=O)(=O)Nc2nc(C)cc(C)n2)cc1)S(=O)(=O)c1ccc(C)cc1. The average Bonchev–Trinajstić information content (AvgIpc) is 2.91. The number of amides is 1. The molecule has 0 saturated carbocycles. The van der Waals surface area contributed by atoms with Crippen molar-refractivity contribution in [1.29, 1.82) is 0 Å². The molecule has 1 aromatic heterocycles. The Morgan fingerprint density at radius 3 is 2.05 bits per heavy atom. The standard InChI is InChI=1S/C28H28ClN5O6S2/c1-18-5-10-24(11-6-18)42(38,39)34(25-16-21(29)7-14-26(25)40-4)17-27(35)32-22-8-12-23(13-9-22)41(36,37)33-28-30-19(2)15-20(3)31-28/h5-16H,17H2,1-4H3,(H,32,35)(H,30,31,33). The van der Waals surface area contributed by atoms with Gasteiger partial charge in [-0.3, -0.25) is 9.10 Å². The molecule has 0 spiro atoms. The lowest BCUT2D eigenvalue weighted by Gasteiger charge is -2.26. The molecule has 1 amide bonds. The van der Waals surface area contributed by atoms with Gasteiger partial charge in [0.05, 0.1) is 22.6 Å². The maximum atomic E-state index is 13.7. The molecule has 14 heteroatoms. The third-order valence-electron chi connectivity index (χ3n) is 5.96. The molecular formula is C28H28ClN5O6S2. The summed E-state index contributed by atoms with van der Waals surface area (Å²) in [6.45, 7) is 4.64. The number of hydrogen-bond acceptors (Lipinski definition) is 8. The fraction of sp³-hybridized carbons (Fsp3) is 0.179. The predicted molar refractivity (Wildman–Crippen MR) is 161 cm³/mol. The van der Waals surface area contributed by atoms with Crippen LogP contribution in [0.25, 0.3) is 0 Å². The van der Waals surface area contributed by atoms with Crippen LogP contribution in [0, 0.1) is 20.8 Å². The molecule has 0 aliphatic carbocycles. The summed E-state index contributed by atoms with van der Waals surface area (Å²) < 4.78 is 61.7. The highest BCUT2D eigenvalue weighted by Crippen LogP contribution is 2.35. The number of rotatable bonds is 10. The summed E-state index contributed by atoms with van der Waals surface area (Å²) in [4.78, 5) is 21.2. The normalized spacial score (nSPS) is 11.5. The van der Waals surface area contributed by atoms with E-state index in [-0.39, 0.29) is 37.9 Å². The van der Waals surface area contributed by atoms with Crippen LogP contribution in [0.2, 0.25) is 5.02 Å². The van der Waals surface area contributed by atoms with E-state index in [2.05, 4.69) is 20.0 Å². The van der Waals surface area contributed by atoms with E-state index in [0.717, 1.165) is 9.87 Å². The second-order valence-corrected chi connectivity index (χ2v) is 13.3. The van der Waals surface area contributed by atoms with Crippen LogP contribution >= 0.6 is 11.6 Å². The van der Waals surface area contributed by atoms with Crippen molar-refractivity contribution in [2.45, 2.75) is 30.6 Å². The Labute approximate surface area is 249 Å². The zero-order valence-electron chi connectivity index (χ0n) is 23.1. The van der Waals surface area contributed by atoms with E-state index in [1.165, 1.54) is 61.7 Å². The van der Waals surface area contributed by atoms with Crippen LogP contribution in [-0.2, 0) is 24.8 Å². The summed E-state index contributed by atoms with van der Waals surface area (Å²) >= 11 is 6.18. The number of methoxy groups -OCH3 is 1. The maximum absolute atomic E-state index is 13.7. The molecule has 0 aliphatic heterocycles. The number of benzene rings is 3. The van der Waals surface area contributed by atoms with Crippen molar-refractivity contribution in [3.63, 3.8) is 0 Å². The van der Waals surface area contributed by atoms with E-state index in [0.29, 0.717) is 11.4 Å². The van der Waals surface area contributed by atoms with Crippen molar-refractivity contribution in [3.8, 4) is 5.75 Å². The minimum atomic E-state index is -4.24. The third-order valence-corrected chi connectivity index (χ3v) is 9.32. The smallest absolute Gasteiger partial charge is 0.264 e. The number of nitrogens with one attached hydrogen (secondary N) is 2. The molecule has 0 atom stereocenters. The van der Waals surface area contributed by atoms with Crippen molar-refractivity contribution in [3.05, 3.63) is 94.8 Å². The number of hydrogen-bond donors (Lipinski definition) is 2. The number of carbonyl (C=O) groups is 1. The van der Waals surface area contributed by atoms with E-state index >= 15 is 0 Å². The summed E-state index contributed by atoms with van der Waals surface area (Å²) in [7, 11) is -6.87. The minimum absolute atomic E-state index is 0.0298. The molecule has 0 aliphatic rings. The zero-order chi connectivity index (χ0) is 30.7. The van der Waals surface area contributed by atoms with Crippen LogP contribution in [0.1, 0.15) is 17.0 Å². The molecule has 0 radical (unpaired) electrons. The monoisotopic (exact) mass is 629 g/mol. The Balaban J connectivity index is 1.58. The highest BCUT2D eigenvalue weighted by molar-refractivity contribution is 7.93. The molecule has 0 unspecified atom stereocenters. The topological polar surface area (TPSA) is 148 Å². The summed E-state index contributed by atoms with van der Waals surface area (Å²) in [5, 5.41) is 2.85. The van der Waals surface area contributed by atoms with E-state index in [9.17, 15) is 21.6 Å². The number of halogens is 1. The van der Waals surface area contributed by atoms with Crippen molar-refractivity contribution < 1.29 is 26.4 Å². The zero-order valence-corrected chi connectivity index (χ0v) is 25.5. The van der Waals surface area contributed by atoms with Gasteiger partial charge in [-0.05, 0) is 81.4 Å². The fourth-order valence-corrected chi connectivity index (χ4v) is 6.53. The Kier molecular flexibility index (Phi) is 9.04. The molecule has 220 valence electrons. The van der Waals surface area contributed by atoms with Gasteiger partial charge in [0.1, 0.15) is 12.3 Å². The second-order valence-electron chi connectivity index (χ2n) is 9.29. The molecule has 4 rings (SSSR count). The van der Waals surface area contributed by atoms with E-state index in [1.54, 1.807) is 32.0 Å². The molecule has 1 heterocycles. The van der Waals surface area contributed by atoms with Gasteiger partial charge in [-0.25, -0.2) is 31.5 Å². The largest absolute Gasteiger partial charge is 0.495 e. The maximum Gasteiger partial charge on any atom is 0.264 e. The molecule has 11 nitrogen and oxygen atoms in total.